The zero-order valence-corrected chi connectivity index (χ0v) is 18.1. The van der Waals surface area contributed by atoms with Gasteiger partial charge in [-0.2, -0.15) is 0 Å². The number of aliphatic hydroxyl groups is 1. The minimum Gasteiger partial charge on any atom is -0.480 e. The van der Waals surface area contributed by atoms with Gasteiger partial charge in [-0.15, -0.1) is 0 Å². The molecule has 6 atom stereocenters. The highest BCUT2D eigenvalue weighted by molar-refractivity contribution is 5.94. The second kappa shape index (κ2) is 12.4. The molecule has 0 aromatic heterocycles. The number of aliphatic hydroxyl groups excluding tert-OH is 1. The number of carboxylic acids is 1. The van der Waals surface area contributed by atoms with E-state index in [2.05, 4.69) is 16.0 Å². The van der Waals surface area contributed by atoms with Gasteiger partial charge in [0, 0.05) is 0 Å². The van der Waals surface area contributed by atoms with Crippen LogP contribution in [0.2, 0.25) is 0 Å². The molecule has 0 aliphatic heterocycles. The number of carbonyl (C=O) groups is 4. The summed E-state index contributed by atoms with van der Waals surface area (Å²) in [5.41, 5.74) is 5.64. The molecule has 0 radical (unpaired) electrons. The van der Waals surface area contributed by atoms with Crippen LogP contribution in [0.25, 0.3) is 0 Å². The Morgan fingerprint density at radius 1 is 0.897 bits per heavy atom. The number of carboxylic acid groups (broad SMARTS) is 1. The second-order valence-electron chi connectivity index (χ2n) is 7.90. The van der Waals surface area contributed by atoms with Gasteiger partial charge >= 0.3 is 5.97 Å². The zero-order valence-electron chi connectivity index (χ0n) is 18.1. The van der Waals surface area contributed by atoms with Crippen molar-refractivity contribution in [3.8, 4) is 0 Å². The Hall–Kier alpha value is -2.20. The van der Waals surface area contributed by atoms with Gasteiger partial charge in [0.05, 0.1) is 6.10 Å². The molecule has 0 saturated carbocycles. The Bertz CT molecular complexity index is 581. The molecule has 3 amide bonds. The van der Waals surface area contributed by atoms with E-state index in [0.29, 0.717) is 6.42 Å². The van der Waals surface area contributed by atoms with Crippen LogP contribution in [0.5, 0.6) is 0 Å². The lowest BCUT2D eigenvalue weighted by Crippen LogP contribution is -2.59. The lowest BCUT2D eigenvalue weighted by atomic mass is 9.96. The number of aliphatic carboxylic acids is 1. The maximum absolute atomic E-state index is 12.9. The molecule has 0 aromatic carbocycles. The van der Waals surface area contributed by atoms with Gasteiger partial charge in [0.15, 0.2) is 0 Å². The number of amides is 3. The minimum atomic E-state index is -1.19. The van der Waals surface area contributed by atoms with E-state index in [0.717, 1.165) is 0 Å². The van der Waals surface area contributed by atoms with E-state index in [4.69, 9.17) is 10.8 Å². The van der Waals surface area contributed by atoms with Crippen LogP contribution in [-0.4, -0.2) is 64.2 Å². The highest BCUT2D eigenvalue weighted by atomic mass is 16.4. The van der Waals surface area contributed by atoms with Crippen LogP contribution in [0.1, 0.15) is 54.4 Å². The fraction of sp³-hybridized carbons (Fsp3) is 0.789. The van der Waals surface area contributed by atoms with Crippen LogP contribution < -0.4 is 21.7 Å². The first-order chi connectivity index (χ1) is 13.3. The summed E-state index contributed by atoms with van der Waals surface area (Å²) in [7, 11) is 0. The quantitative estimate of drug-likeness (QED) is 0.245. The highest BCUT2D eigenvalue weighted by Gasteiger charge is 2.32. The number of rotatable bonds is 12. The lowest BCUT2D eigenvalue weighted by Gasteiger charge is -2.28. The predicted molar refractivity (Wildman–Crippen MR) is 108 cm³/mol. The molecule has 0 aliphatic carbocycles. The number of carbonyl (C=O) groups excluding carboxylic acids is 3. The minimum absolute atomic E-state index is 0.0477. The van der Waals surface area contributed by atoms with Crippen molar-refractivity contribution in [1.29, 1.82) is 0 Å². The third kappa shape index (κ3) is 9.23. The lowest BCUT2D eigenvalue weighted by molar-refractivity contribution is -0.142. The van der Waals surface area contributed by atoms with Crippen LogP contribution in [0.15, 0.2) is 0 Å². The van der Waals surface area contributed by atoms with Crippen molar-refractivity contribution in [3.63, 3.8) is 0 Å². The van der Waals surface area contributed by atoms with Crippen molar-refractivity contribution in [1.82, 2.24) is 16.0 Å². The van der Waals surface area contributed by atoms with Crippen LogP contribution in [0.3, 0.4) is 0 Å². The molecule has 168 valence electrons. The van der Waals surface area contributed by atoms with Gasteiger partial charge in [0.1, 0.15) is 24.2 Å². The Morgan fingerprint density at radius 3 is 1.86 bits per heavy atom. The first kappa shape index (κ1) is 26.8. The van der Waals surface area contributed by atoms with Gasteiger partial charge in [0.2, 0.25) is 17.7 Å². The molecule has 10 heteroatoms. The molecule has 0 bridgehead atoms. The molecule has 29 heavy (non-hydrogen) atoms. The van der Waals surface area contributed by atoms with Crippen molar-refractivity contribution in [2.24, 2.45) is 17.6 Å². The number of hydrogen-bond acceptors (Lipinski definition) is 6. The summed E-state index contributed by atoms with van der Waals surface area (Å²) in [4.78, 5) is 48.6. The van der Waals surface area contributed by atoms with Gasteiger partial charge in [0.25, 0.3) is 0 Å². The Balaban J connectivity index is 5.42. The van der Waals surface area contributed by atoms with Gasteiger partial charge in [-0.3, -0.25) is 19.2 Å². The van der Waals surface area contributed by atoms with E-state index in [9.17, 15) is 24.3 Å². The van der Waals surface area contributed by atoms with Crippen molar-refractivity contribution < 1.29 is 29.4 Å². The second-order valence-corrected chi connectivity index (χ2v) is 7.90. The van der Waals surface area contributed by atoms with E-state index >= 15 is 0 Å². The monoisotopic (exact) mass is 416 g/mol. The first-order valence-electron chi connectivity index (χ1n) is 9.89. The normalized spacial score (nSPS) is 17.4. The molecule has 0 heterocycles. The Morgan fingerprint density at radius 2 is 1.45 bits per heavy atom. The fourth-order valence-electron chi connectivity index (χ4n) is 2.51. The van der Waals surface area contributed by atoms with E-state index in [1.54, 1.807) is 6.92 Å². The van der Waals surface area contributed by atoms with Gasteiger partial charge < -0.3 is 31.9 Å². The van der Waals surface area contributed by atoms with Gasteiger partial charge in [-0.1, -0.05) is 34.1 Å². The standard InChI is InChI=1S/C19H36N4O6/c1-7-10(4)15(23-17(26)14(20)12(6)24)18(27)22-13(8-9(2)3)16(25)21-11(5)19(28)29/h9-15,24H,7-8,20H2,1-6H3,(H,21,25)(H,22,27)(H,23,26)(H,28,29). The van der Waals surface area contributed by atoms with Gasteiger partial charge in [-0.25, -0.2) is 0 Å². The van der Waals surface area contributed by atoms with E-state index in [-0.39, 0.29) is 18.3 Å². The average Bonchev–Trinajstić information content (AvgIpc) is 2.62. The van der Waals surface area contributed by atoms with Crippen molar-refractivity contribution >= 4 is 23.7 Å². The molecule has 0 aromatic rings. The summed E-state index contributed by atoms with van der Waals surface area (Å²) in [6, 6.07) is -4.22. The average molecular weight is 417 g/mol. The molecular formula is C19H36N4O6. The first-order valence-corrected chi connectivity index (χ1v) is 9.89. The van der Waals surface area contributed by atoms with E-state index < -0.39 is 54.0 Å². The van der Waals surface area contributed by atoms with Gasteiger partial charge in [-0.05, 0) is 32.1 Å². The smallest absolute Gasteiger partial charge is 0.325 e. The van der Waals surface area contributed by atoms with Crippen molar-refractivity contribution in [2.45, 2.75) is 84.7 Å². The van der Waals surface area contributed by atoms with E-state index in [1.807, 2.05) is 20.8 Å². The maximum Gasteiger partial charge on any atom is 0.325 e. The SMILES string of the molecule is CCC(C)C(NC(=O)C(N)C(C)O)C(=O)NC(CC(C)C)C(=O)NC(C)C(=O)O. The predicted octanol–water partition coefficient (Wildman–Crippen LogP) is -0.654. The summed E-state index contributed by atoms with van der Waals surface area (Å²) in [5, 5.41) is 26.0. The van der Waals surface area contributed by atoms with Crippen LogP contribution in [0, 0.1) is 11.8 Å². The zero-order chi connectivity index (χ0) is 22.9. The van der Waals surface area contributed by atoms with Crippen molar-refractivity contribution in [3.05, 3.63) is 0 Å². The third-order valence-corrected chi connectivity index (χ3v) is 4.68. The third-order valence-electron chi connectivity index (χ3n) is 4.68. The summed E-state index contributed by atoms with van der Waals surface area (Å²) in [6.45, 7) is 10.0. The Labute approximate surface area is 172 Å². The topological polar surface area (TPSA) is 171 Å². The van der Waals surface area contributed by atoms with Crippen LogP contribution in [-0.2, 0) is 19.2 Å². The summed E-state index contributed by atoms with van der Waals surface area (Å²) in [5.74, 6) is -3.27. The number of hydrogen-bond donors (Lipinski definition) is 6. The summed E-state index contributed by atoms with van der Waals surface area (Å²) >= 11 is 0. The molecule has 0 fully saturated rings. The fourth-order valence-corrected chi connectivity index (χ4v) is 2.51. The molecule has 0 spiro atoms. The molecule has 10 nitrogen and oxygen atoms in total. The highest BCUT2D eigenvalue weighted by Crippen LogP contribution is 2.11. The molecule has 0 aliphatic rings. The molecular weight excluding hydrogens is 380 g/mol. The number of nitrogens with one attached hydrogen (secondary N) is 3. The largest absolute Gasteiger partial charge is 0.480 e. The Kier molecular flexibility index (Phi) is 11.4. The molecule has 0 rings (SSSR count). The van der Waals surface area contributed by atoms with Crippen LogP contribution in [0.4, 0.5) is 0 Å². The summed E-state index contributed by atoms with van der Waals surface area (Å²) in [6.07, 6.45) is -0.231. The van der Waals surface area contributed by atoms with E-state index in [1.165, 1.54) is 13.8 Å². The van der Waals surface area contributed by atoms with Crippen LogP contribution >= 0.6 is 0 Å². The summed E-state index contributed by atoms with van der Waals surface area (Å²) < 4.78 is 0. The molecule has 0 saturated heterocycles. The van der Waals surface area contributed by atoms with Crippen molar-refractivity contribution in [2.75, 3.05) is 0 Å². The number of nitrogens with two attached hydrogens (primary N) is 1. The maximum atomic E-state index is 12.9. The molecule has 7 N–H and O–H groups in total. The molecule has 6 unspecified atom stereocenters.